The molecular weight excluding hydrogens is 296 g/mol. The molecule has 2 atom stereocenters. The third-order valence-electron chi connectivity index (χ3n) is 4.20. The summed E-state index contributed by atoms with van der Waals surface area (Å²) in [6.07, 6.45) is 1.56. The predicted molar refractivity (Wildman–Crippen MR) is 77.6 cm³/mol. The first-order valence-electron chi connectivity index (χ1n) is 6.88. The van der Waals surface area contributed by atoms with Crippen molar-refractivity contribution >= 4 is 23.3 Å². The highest BCUT2D eigenvalue weighted by Gasteiger charge is 2.37. The minimum atomic E-state index is -0.532. The van der Waals surface area contributed by atoms with Crippen LogP contribution in [-0.4, -0.2) is 49.0 Å². The SMILES string of the molecule is COC(=O)Cn1ncc(N2C[C@H]3CNC[C@H]3C2)c(Cl)c1=O. The molecule has 2 saturated heterocycles. The highest BCUT2D eigenvalue weighted by atomic mass is 35.5. The van der Waals surface area contributed by atoms with Crippen molar-refractivity contribution in [1.82, 2.24) is 15.1 Å². The first-order valence-corrected chi connectivity index (χ1v) is 7.26. The van der Waals surface area contributed by atoms with Gasteiger partial charge in [0.05, 0.1) is 19.0 Å². The van der Waals surface area contributed by atoms with Gasteiger partial charge in [0.2, 0.25) is 0 Å². The summed E-state index contributed by atoms with van der Waals surface area (Å²) in [5.41, 5.74) is 0.187. The van der Waals surface area contributed by atoms with E-state index in [1.165, 1.54) is 7.11 Å². The lowest BCUT2D eigenvalue weighted by Crippen LogP contribution is -2.31. The molecule has 1 aromatic rings. The lowest BCUT2D eigenvalue weighted by Gasteiger charge is -2.20. The zero-order valence-electron chi connectivity index (χ0n) is 11.7. The molecule has 0 radical (unpaired) electrons. The number of hydrogen-bond acceptors (Lipinski definition) is 6. The van der Waals surface area contributed by atoms with Gasteiger partial charge in [-0.1, -0.05) is 11.6 Å². The van der Waals surface area contributed by atoms with Crippen LogP contribution in [0.3, 0.4) is 0 Å². The van der Waals surface area contributed by atoms with Crippen LogP contribution in [0.1, 0.15) is 0 Å². The highest BCUT2D eigenvalue weighted by Crippen LogP contribution is 2.32. The van der Waals surface area contributed by atoms with Crippen molar-refractivity contribution in [2.45, 2.75) is 6.54 Å². The minimum absolute atomic E-state index is 0.113. The molecule has 0 saturated carbocycles. The summed E-state index contributed by atoms with van der Waals surface area (Å²) in [6.45, 7) is 3.53. The molecule has 0 aromatic carbocycles. The molecule has 8 heteroatoms. The molecule has 2 fully saturated rings. The van der Waals surface area contributed by atoms with Crippen molar-refractivity contribution < 1.29 is 9.53 Å². The molecule has 114 valence electrons. The van der Waals surface area contributed by atoms with E-state index >= 15 is 0 Å². The van der Waals surface area contributed by atoms with Crippen LogP contribution in [0.2, 0.25) is 5.02 Å². The Labute approximate surface area is 126 Å². The maximum absolute atomic E-state index is 12.2. The predicted octanol–water partition coefficient (Wildman–Crippen LogP) is -0.275. The van der Waals surface area contributed by atoms with E-state index in [1.807, 2.05) is 0 Å². The number of halogens is 1. The zero-order chi connectivity index (χ0) is 15.0. The summed E-state index contributed by atoms with van der Waals surface area (Å²) >= 11 is 6.18. The topological polar surface area (TPSA) is 76.5 Å². The summed E-state index contributed by atoms with van der Waals surface area (Å²) in [7, 11) is 1.26. The van der Waals surface area contributed by atoms with Crippen LogP contribution >= 0.6 is 11.6 Å². The van der Waals surface area contributed by atoms with E-state index in [-0.39, 0.29) is 11.6 Å². The van der Waals surface area contributed by atoms with Crippen molar-refractivity contribution in [3.05, 3.63) is 21.6 Å². The number of nitrogens with one attached hydrogen (secondary N) is 1. The highest BCUT2D eigenvalue weighted by molar-refractivity contribution is 6.33. The van der Waals surface area contributed by atoms with Crippen LogP contribution in [0.25, 0.3) is 0 Å². The number of fused-ring (bicyclic) bond motifs is 1. The standard InChI is InChI=1S/C13H17ClN4O3/c1-21-11(19)7-18-13(20)12(14)10(4-16-18)17-5-8-2-15-3-9(8)6-17/h4,8-9,15H,2-3,5-7H2,1H3/t8-,9+. The fourth-order valence-electron chi connectivity index (χ4n) is 3.03. The van der Waals surface area contributed by atoms with Crippen molar-refractivity contribution in [3.63, 3.8) is 0 Å². The number of esters is 1. The van der Waals surface area contributed by atoms with Gasteiger partial charge in [0.1, 0.15) is 11.6 Å². The quantitative estimate of drug-likeness (QED) is 0.774. The fourth-order valence-corrected chi connectivity index (χ4v) is 3.29. The van der Waals surface area contributed by atoms with Crippen molar-refractivity contribution in [2.75, 3.05) is 38.2 Å². The maximum Gasteiger partial charge on any atom is 0.327 e. The van der Waals surface area contributed by atoms with Crippen LogP contribution in [0, 0.1) is 11.8 Å². The van der Waals surface area contributed by atoms with E-state index in [1.54, 1.807) is 6.20 Å². The molecule has 2 aliphatic rings. The zero-order valence-corrected chi connectivity index (χ0v) is 12.5. The van der Waals surface area contributed by atoms with E-state index in [2.05, 4.69) is 20.1 Å². The number of rotatable bonds is 3. The van der Waals surface area contributed by atoms with Gasteiger partial charge >= 0.3 is 5.97 Å². The third kappa shape index (κ3) is 2.63. The molecule has 3 heterocycles. The van der Waals surface area contributed by atoms with Gasteiger partial charge in [-0.25, -0.2) is 4.68 Å². The lowest BCUT2D eigenvalue weighted by molar-refractivity contribution is -0.141. The van der Waals surface area contributed by atoms with Gasteiger partial charge in [-0.3, -0.25) is 9.59 Å². The minimum Gasteiger partial charge on any atom is -0.468 e. The first-order chi connectivity index (χ1) is 10.1. The average molecular weight is 313 g/mol. The van der Waals surface area contributed by atoms with Crippen LogP contribution in [0.5, 0.6) is 0 Å². The Hall–Kier alpha value is -1.60. The van der Waals surface area contributed by atoms with E-state index in [0.29, 0.717) is 17.5 Å². The van der Waals surface area contributed by atoms with E-state index in [4.69, 9.17) is 11.6 Å². The normalized spacial score (nSPS) is 24.2. The largest absolute Gasteiger partial charge is 0.468 e. The van der Waals surface area contributed by atoms with Crippen LogP contribution in [0.15, 0.2) is 11.0 Å². The van der Waals surface area contributed by atoms with E-state index < -0.39 is 11.5 Å². The number of anilines is 1. The number of carbonyl (C=O) groups excluding carboxylic acids is 1. The van der Waals surface area contributed by atoms with Gasteiger partial charge in [-0.2, -0.15) is 5.10 Å². The van der Waals surface area contributed by atoms with Gasteiger partial charge < -0.3 is 15.0 Å². The molecule has 7 nitrogen and oxygen atoms in total. The molecule has 1 aromatic heterocycles. The molecule has 0 aliphatic carbocycles. The Balaban J connectivity index is 1.83. The lowest BCUT2D eigenvalue weighted by atomic mass is 10.0. The molecular formula is C13H17ClN4O3. The molecule has 0 spiro atoms. The van der Waals surface area contributed by atoms with Gasteiger partial charge in [0, 0.05) is 26.2 Å². The molecule has 3 rings (SSSR count). The molecule has 0 bridgehead atoms. The van der Waals surface area contributed by atoms with Gasteiger partial charge in [0.15, 0.2) is 0 Å². The smallest absolute Gasteiger partial charge is 0.327 e. The van der Waals surface area contributed by atoms with Gasteiger partial charge in [-0.05, 0) is 11.8 Å². The number of hydrogen-bond donors (Lipinski definition) is 1. The molecule has 0 unspecified atom stereocenters. The summed E-state index contributed by atoms with van der Waals surface area (Å²) in [5, 5.41) is 7.51. The van der Waals surface area contributed by atoms with Crippen LogP contribution < -0.4 is 15.8 Å². The second-order valence-corrected chi connectivity index (χ2v) is 5.84. The second kappa shape index (κ2) is 5.65. The summed E-state index contributed by atoms with van der Waals surface area (Å²) in [6, 6.07) is 0. The number of ether oxygens (including phenoxy) is 1. The number of aromatic nitrogens is 2. The Morgan fingerprint density at radius 2 is 2.14 bits per heavy atom. The number of nitrogens with zero attached hydrogens (tertiary/aromatic N) is 3. The Kier molecular flexibility index (Phi) is 3.86. The molecule has 2 aliphatic heterocycles. The Morgan fingerprint density at radius 3 is 2.76 bits per heavy atom. The molecule has 0 amide bonds. The summed E-state index contributed by atoms with van der Waals surface area (Å²) in [5.74, 6) is 0.660. The number of carbonyl (C=O) groups is 1. The van der Waals surface area contributed by atoms with Crippen molar-refractivity contribution in [1.29, 1.82) is 0 Å². The fraction of sp³-hybridized carbons (Fsp3) is 0.615. The maximum atomic E-state index is 12.2. The van der Waals surface area contributed by atoms with Gasteiger partial charge in [-0.15, -0.1) is 0 Å². The average Bonchev–Trinajstić information content (AvgIpc) is 3.05. The monoisotopic (exact) mass is 312 g/mol. The second-order valence-electron chi connectivity index (χ2n) is 5.47. The number of methoxy groups -OCH3 is 1. The summed E-state index contributed by atoms with van der Waals surface area (Å²) in [4.78, 5) is 25.5. The van der Waals surface area contributed by atoms with Crippen LogP contribution in [0.4, 0.5) is 5.69 Å². The van der Waals surface area contributed by atoms with Crippen molar-refractivity contribution in [3.8, 4) is 0 Å². The van der Waals surface area contributed by atoms with E-state index in [0.717, 1.165) is 30.9 Å². The van der Waals surface area contributed by atoms with Crippen molar-refractivity contribution in [2.24, 2.45) is 11.8 Å². The van der Waals surface area contributed by atoms with E-state index in [9.17, 15) is 9.59 Å². The van der Waals surface area contributed by atoms with Crippen LogP contribution in [-0.2, 0) is 16.1 Å². The Bertz CT molecular complexity index is 606. The Morgan fingerprint density at radius 1 is 1.48 bits per heavy atom. The molecule has 21 heavy (non-hydrogen) atoms. The molecule has 1 N–H and O–H groups in total. The third-order valence-corrected chi connectivity index (χ3v) is 4.56. The van der Waals surface area contributed by atoms with Gasteiger partial charge in [0.25, 0.3) is 5.56 Å². The summed E-state index contributed by atoms with van der Waals surface area (Å²) < 4.78 is 5.55. The first kappa shape index (κ1) is 14.3.